The van der Waals surface area contributed by atoms with Gasteiger partial charge in [0.15, 0.2) is 0 Å². The number of aromatic amines is 2. The van der Waals surface area contributed by atoms with Gasteiger partial charge >= 0.3 is 0 Å². The zero-order valence-corrected chi connectivity index (χ0v) is 16.4. The third kappa shape index (κ3) is 2.96. The second-order valence-electron chi connectivity index (χ2n) is 8.01. The first-order valence-corrected chi connectivity index (χ1v) is 10.1. The molecule has 1 aliphatic carbocycles. The number of hydrogen-bond donors (Lipinski definition) is 2. The van der Waals surface area contributed by atoms with Crippen LogP contribution in [-0.4, -0.2) is 43.8 Å². The lowest BCUT2D eigenvalue weighted by Crippen LogP contribution is -2.49. The van der Waals surface area contributed by atoms with Gasteiger partial charge in [-0.1, -0.05) is 0 Å². The minimum Gasteiger partial charge on any atom is -0.338 e. The third-order valence-electron chi connectivity index (χ3n) is 6.22. The van der Waals surface area contributed by atoms with Crippen molar-refractivity contribution in [2.24, 2.45) is 0 Å². The molecule has 0 aromatic carbocycles. The lowest BCUT2D eigenvalue weighted by Gasteiger charge is -2.40. The fourth-order valence-corrected chi connectivity index (χ4v) is 4.75. The highest BCUT2D eigenvalue weighted by molar-refractivity contribution is 5.94. The molecule has 3 aromatic heterocycles. The van der Waals surface area contributed by atoms with E-state index in [9.17, 15) is 14.4 Å². The van der Waals surface area contributed by atoms with Crippen molar-refractivity contribution in [1.82, 2.24) is 24.8 Å². The summed E-state index contributed by atoms with van der Waals surface area (Å²) in [4.78, 5) is 54.0. The van der Waals surface area contributed by atoms with E-state index in [1.165, 1.54) is 6.20 Å². The maximum Gasteiger partial charge on any atom is 0.260 e. The highest BCUT2D eigenvalue weighted by atomic mass is 16.2. The van der Waals surface area contributed by atoms with Crippen LogP contribution in [0.4, 0.5) is 0 Å². The molecule has 8 nitrogen and oxygen atoms in total. The fraction of sp³-hybridized carbons (Fsp3) is 0.318. The Morgan fingerprint density at radius 1 is 1.13 bits per heavy atom. The van der Waals surface area contributed by atoms with Crippen LogP contribution in [0.3, 0.4) is 0 Å². The summed E-state index contributed by atoms with van der Waals surface area (Å²) >= 11 is 0. The summed E-state index contributed by atoms with van der Waals surface area (Å²) in [6.45, 7) is 1.04. The Morgan fingerprint density at radius 2 is 2.03 bits per heavy atom. The largest absolute Gasteiger partial charge is 0.338 e. The van der Waals surface area contributed by atoms with Gasteiger partial charge in [-0.2, -0.15) is 0 Å². The topological polar surface area (TPSA) is 112 Å². The number of fused-ring (bicyclic) bond motifs is 2. The molecule has 152 valence electrons. The van der Waals surface area contributed by atoms with Crippen LogP contribution < -0.4 is 11.1 Å². The summed E-state index contributed by atoms with van der Waals surface area (Å²) < 4.78 is 0. The molecule has 8 heteroatoms. The molecule has 4 heterocycles. The lowest BCUT2D eigenvalue weighted by atomic mass is 9.77. The van der Waals surface area contributed by atoms with Crippen LogP contribution in [-0.2, 0) is 11.8 Å². The average molecular weight is 403 g/mol. The van der Waals surface area contributed by atoms with E-state index in [-0.39, 0.29) is 28.0 Å². The van der Waals surface area contributed by atoms with Crippen molar-refractivity contribution in [2.75, 3.05) is 13.1 Å². The Hall–Kier alpha value is -3.55. The summed E-state index contributed by atoms with van der Waals surface area (Å²) in [5.74, 6) is 0.220. The van der Waals surface area contributed by atoms with Gasteiger partial charge in [0, 0.05) is 48.2 Å². The Labute approximate surface area is 172 Å². The molecule has 1 aliphatic heterocycles. The number of aromatic nitrogens is 4. The molecule has 2 aliphatic rings. The number of carbonyl (C=O) groups excluding carboxylic acids is 1. The monoisotopic (exact) mass is 403 g/mol. The summed E-state index contributed by atoms with van der Waals surface area (Å²) in [5.41, 5.74) is 1.50. The van der Waals surface area contributed by atoms with Gasteiger partial charge in [0.1, 0.15) is 11.4 Å². The molecule has 5 rings (SSSR count). The van der Waals surface area contributed by atoms with Crippen molar-refractivity contribution < 1.29 is 4.79 Å². The summed E-state index contributed by atoms with van der Waals surface area (Å²) in [7, 11) is 0. The standard InChI is InChI=1S/C22H21N5O3/c28-19-16(5-2-10-24-19)21(30)27-11-3-7-22(13-27)8-6-15-17(22)25-18(26-20(15)29)14-4-1-9-23-12-14/h1-2,4-5,9-10,12H,3,6-8,11,13H2,(H,24,28)(H,25,26,29). The zero-order valence-electron chi connectivity index (χ0n) is 16.4. The van der Waals surface area contributed by atoms with Crippen LogP contribution >= 0.6 is 0 Å². The zero-order chi connectivity index (χ0) is 20.7. The number of H-pyrrole nitrogens is 2. The quantitative estimate of drug-likeness (QED) is 0.676. The molecular weight excluding hydrogens is 382 g/mol. The molecule has 1 unspecified atom stereocenters. The van der Waals surface area contributed by atoms with Gasteiger partial charge < -0.3 is 14.9 Å². The SMILES string of the molecule is O=C(c1ccc[nH]c1=O)N1CCCC2(CCc3c2nc(-c2cccnc2)[nH]c3=O)C1. The predicted octanol–water partition coefficient (Wildman–Crippen LogP) is 1.64. The maximum absolute atomic E-state index is 13.0. The highest BCUT2D eigenvalue weighted by Crippen LogP contribution is 2.43. The van der Waals surface area contributed by atoms with Crippen LogP contribution in [0.2, 0.25) is 0 Å². The molecule has 1 fully saturated rings. The second-order valence-corrected chi connectivity index (χ2v) is 8.01. The number of carbonyl (C=O) groups is 1. The van der Waals surface area contributed by atoms with E-state index >= 15 is 0 Å². The van der Waals surface area contributed by atoms with Gasteiger partial charge in [-0.15, -0.1) is 0 Å². The van der Waals surface area contributed by atoms with Crippen molar-refractivity contribution in [2.45, 2.75) is 31.1 Å². The molecule has 0 radical (unpaired) electrons. The van der Waals surface area contributed by atoms with Gasteiger partial charge in [-0.3, -0.25) is 19.4 Å². The molecule has 30 heavy (non-hydrogen) atoms. The molecule has 1 spiro atoms. The molecule has 1 saturated heterocycles. The minimum absolute atomic E-state index is 0.126. The first kappa shape index (κ1) is 18.5. The number of amides is 1. The van der Waals surface area contributed by atoms with E-state index in [2.05, 4.69) is 15.0 Å². The van der Waals surface area contributed by atoms with Crippen molar-refractivity contribution in [3.63, 3.8) is 0 Å². The average Bonchev–Trinajstić information content (AvgIpc) is 3.12. The molecule has 0 saturated carbocycles. The van der Waals surface area contributed by atoms with Crippen LogP contribution in [0.25, 0.3) is 11.4 Å². The van der Waals surface area contributed by atoms with E-state index < -0.39 is 0 Å². The van der Waals surface area contributed by atoms with E-state index in [0.29, 0.717) is 30.9 Å². The summed E-state index contributed by atoms with van der Waals surface area (Å²) in [6, 6.07) is 6.86. The maximum atomic E-state index is 13.0. The smallest absolute Gasteiger partial charge is 0.260 e. The molecule has 1 amide bonds. The number of nitrogens with zero attached hydrogens (tertiary/aromatic N) is 3. The van der Waals surface area contributed by atoms with Gasteiger partial charge in [0.25, 0.3) is 17.0 Å². The van der Waals surface area contributed by atoms with E-state index in [0.717, 1.165) is 30.5 Å². The van der Waals surface area contributed by atoms with Gasteiger partial charge in [0.2, 0.25) is 0 Å². The fourth-order valence-electron chi connectivity index (χ4n) is 4.75. The van der Waals surface area contributed by atoms with Crippen molar-refractivity contribution >= 4 is 5.91 Å². The first-order valence-electron chi connectivity index (χ1n) is 10.1. The van der Waals surface area contributed by atoms with Crippen molar-refractivity contribution in [3.8, 4) is 11.4 Å². The molecular formula is C22H21N5O3. The lowest BCUT2D eigenvalue weighted by molar-refractivity contribution is 0.0631. The van der Waals surface area contributed by atoms with Crippen LogP contribution in [0.15, 0.2) is 52.4 Å². The number of piperidine rings is 1. The third-order valence-corrected chi connectivity index (χ3v) is 6.22. The molecule has 3 aromatic rings. The molecule has 1 atom stereocenters. The minimum atomic E-state index is -0.387. The van der Waals surface area contributed by atoms with Gasteiger partial charge in [-0.25, -0.2) is 4.98 Å². The Balaban J connectivity index is 1.53. The van der Waals surface area contributed by atoms with Crippen molar-refractivity contribution in [3.05, 3.63) is 80.4 Å². The Morgan fingerprint density at radius 3 is 2.83 bits per heavy atom. The second kappa shape index (κ2) is 7.05. The summed E-state index contributed by atoms with van der Waals surface area (Å²) in [6.07, 6.45) is 7.92. The van der Waals surface area contributed by atoms with Crippen LogP contribution in [0.1, 0.15) is 40.9 Å². The number of rotatable bonds is 2. The van der Waals surface area contributed by atoms with Crippen molar-refractivity contribution in [1.29, 1.82) is 0 Å². The van der Waals surface area contributed by atoms with E-state index in [1.54, 1.807) is 35.5 Å². The number of pyridine rings is 2. The summed E-state index contributed by atoms with van der Waals surface area (Å²) in [5, 5.41) is 0. The van der Waals surface area contributed by atoms with E-state index in [1.807, 2.05) is 6.07 Å². The number of likely N-dealkylation sites (tertiary alicyclic amines) is 1. The van der Waals surface area contributed by atoms with E-state index in [4.69, 9.17) is 4.98 Å². The molecule has 0 bridgehead atoms. The Kier molecular flexibility index (Phi) is 4.34. The van der Waals surface area contributed by atoms with Crippen LogP contribution in [0, 0.1) is 0 Å². The number of nitrogens with one attached hydrogen (secondary N) is 2. The highest BCUT2D eigenvalue weighted by Gasteiger charge is 2.46. The molecule has 2 N–H and O–H groups in total. The number of hydrogen-bond acceptors (Lipinski definition) is 5. The van der Waals surface area contributed by atoms with Gasteiger partial charge in [0.05, 0.1) is 5.69 Å². The normalized spacial score (nSPS) is 20.3. The Bertz CT molecular complexity index is 1230. The van der Waals surface area contributed by atoms with Gasteiger partial charge in [-0.05, 0) is 49.9 Å². The first-order chi connectivity index (χ1) is 14.6. The predicted molar refractivity (Wildman–Crippen MR) is 110 cm³/mol. The van der Waals surface area contributed by atoms with Crippen LogP contribution in [0.5, 0.6) is 0 Å².